The monoisotopic (exact) mass is 1130 g/mol. The van der Waals surface area contributed by atoms with Gasteiger partial charge in [0.1, 0.15) is 23.7 Å². The molecule has 442 valence electrons. The fraction of sp³-hybridized carbons (Fsp3) is 0.548. The maximum atomic E-state index is 14.7. The normalized spacial score (nSPS) is 18.3. The number of fused-ring (bicyclic) bond motifs is 2. The number of hydrogen-bond acceptors (Lipinski definition) is 10. The van der Waals surface area contributed by atoms with Crippen molar-refractivity contribution in [2.45, 2.75) is 154 Å². The summed E-state index contributed by atoms with van der Waals surface area (Å²) in [5, 5.41) is 11.9. The minimum atomic E-state index is -0.869. The number of likely N-dealkylation sites (tertiary alicyclic amines) is 2. The molecule has 6 amide bonds. The third kappa shape index (κ3) is 14.4. The zero-order chi connectivity index (χ0) is 59.2. The lowest BCUT2D eigenvalue weighted by molar-refractivity contribution is -0.134. The number of unbranched alkanes of at least 4 members (excludes halogenated alkanes) is 1. The summed E-state index contributed by atoms with van der Waals surface area (Å²) in [6.07, 6.45) is 5.46. The Labute approximate surface area is 478 Å². The van der Waals surface area contributed by atoms with Crippen molar-refractivity contribution in [3.05, 3.63) is 127 Å². The van der Waals surface area contributed by atoms with Crippen LogP contribution in [0.4, 0.5) is 20.2 Å². The van der Waals surface area contributed by atoms with E-state index in [0.29, 0.717) is 124 Å². The molecule has 0 spiro atoms. The number of hydrogen-bond donors (Lipinski definition) is 6. The first-order chi connectivity index (χ1) is 38.9. The molecule has 6 heterocycles. The average Bonchev–Trinajstić information content (AvgIpc) is 4.12. The second-order valence-electron chi connectivity index (χ2n) is 24.5. The first-order valence-electron chi connectivity index (χ1n) is 29.1. The largest absolute Gasteiger partial charge is 0.343 e. The third-order valence-electron chi connectivity index (χ3n) is 17.4. The van der Waals surface area contributed by atoms with Crippen molar-refractivity contribution in [1.82, 2.24) is 41.0 Å². The van der Waals surface area contributed by atoms with Gasteiger partial charge in [0.05, 0.1) is 23.5 Å². The Morgan fingerprint density at radius 3 is 1.24 bits per heavy atom. The molecule has 20 heteroatoms. The van der Waals surface area contributed by atoms with E-state index in [1.807, 2.05) is 37.5 Å². The van der Waals surface area contributed by atoms with Crippen molar-refractivity contribution in [3.8, 4) is 0 Å². The molecule has 18 nitrogen and oxygen atoms in total. The number of benzene rings is 2. The lowest BCUT2D eigenvalue weighted by atomic mass is 9.89. The van der Waals surface area contributed by atoms with Crippen LogP contribution in [0.25, 0.3) is 0 Å². The number of aromatic nitrogens is 2. The van der Waals surface area contributed by atoms with Crippen LogP contribution in [0.1, 0.15) is 139 Å². The summed E-state index contributed by atoms with van der Waals surface area (Å²) in [4.78, 5) is 123. The fourth-order valence-corrected chi connectivity index (χ4v) is 12.0. The Hall–Kier alpha value is -7.06. The number of H-pyrrole nitrogens is 2. The van der Waals surface area contributed by atoms with Gasteiger partial charge < -0.3 is 50.8 Å². The molecule has 4 aliphatic heterocycles. The lowest BCUT2D eigenvalue weighted by Crippen LogP contribution is -2.54. The Morgan fingerprint density at radius 2 is 0.915 bits per heavy atom. The van der Waals surface area contributed by atoms with Crippen LogP contribution < -0.4 is 42.2 Å². The van der Waals surface area contributed by atoms with E-state index >= 15 is 0 Å². The second kappa shape index (κ2) is 26.0. The minimum Gasteiger partial charge on any atom is -0.343 e. The van der Waals surface area contributed by atoms with Crippen LogP contribution in [0.2, 0.25) is 0 Å². The van der Waals surface area contributed by atoms with Crippen LogP contribution in [0.15, 0.2) is 70.3 Å². The fourth-order valence-electron chi connectivity index (χ4n) is 12.0. The molecule has 2 aromatic heterocycles. The molecular formula is C62H82F2N10O8. The predicted molar refractivity (Wildman–Crippen MR) is 311 cm³/mol. The van der Waals surface area contributed by atoms with Crippen LogP contribution >= 0.6 is 0 Å². The molecule has 0 radical (unpaired) electrons. The highest BCUT2D eigenvalue weighted by atomic mass is 19.1. The first-order valence-corrected chi connectivity index (χ1v) is 29.1. The van der Waals surface area contributed by atoms with Crippen molar-refractivity contribution >= 4 is 46.8 Å². The molecule has 82 heavy (non-hydrogen) atoms. The van der Waals surface area contributed by atoms with Crippen molar-refractivity contribution < 1.29 is 37.5 Å². The number of nitrogens with zero attached hydrogens (tertiary/aromatic N) is 4. The maximum absolute atomic E-state index is 14.7. The Bertz CT molecular complexity index is 2900. The van der Waals surface area contributed by atoms with Crippen molar-refractivity contribution in [3.63, 3.8) is 0 Å². The number of carbonyl (C=O) groups is 6. The van der Waals surface area contributed by atoms with Gasteiger partial charge in [0, 0.05) is 98.3 Å². The minimum absolute atomic E-state index is 0.0110. The number of aromatic amines is 2. The molecule has 2 fully saturated rings. The summed E-state index contributed by atoms with van der Waals surface area (Å²) in [5.41, 5.74) is 3.04. The molecule has 2 aromatic carbocycles. The molecule has 4 aliphatic rings. The number of anilines is 2. The van der Waals surface area contributed by atoms with E-state index in [1.165, 1.54) is 24.3 Å². The molecule has 4 atom stereocenters. The molecule has 4 aromatic rings. The number of piperidine rings is 2. The molecule has 0 unspecified atom stereocenters. The molecule has 0 aliphatic carbocycles. The van der Waals surface area contributed by atoms with Gasteiger partial charge in [-0.25, -0.2) is 8.78 Å². The van der Waals surface area contributed by atoms with E-state index < -0.39 is 35.0 Å². The standard InChI is InChI=1S/C62H82F2N10O8/c1-37(65-7)55(77)67-47(59(81)73-35-61(3,4)53-49(73)33-43(57(79)69-53)29-39-13-17-45(63)18-14-39)31-41-21-25-71(26-22-41)51(75)11-9-10-12-52(76)72-27-23-42(24-28-72)32-48(68-56(78)38(2)66-8)60(82)74-36-62(5,6)54-50(74)34-44(58(80)70-54)30-40-15-19-46(64)20-16-40/h13-20,33-34,37-38,41-42,47-48,65-66H,9-12,21-32,35-36H2,1-8H3,(H,67,77)(H,68,78)(H,69,79)(H,70,80)/t37-,38-,47-,48-/m0/s1. The summed E-state index contributed by atoms with van der Waals surface area (Å²) in [6.45, 7) is 13.9. The van der Waals surface area contributed by atoms with Crippen LogP contribution in [0, 0.1) is 23.5 Å². The number of pyridine rings is 2. The number of halogens is 2. The average molecular weight is 1130 g/mol. The van der Waals surface area contributed by atoms with Crippen LogP contribution in [-0.4, -0.2) is 133 Å². The van der Waals surface area contributed by atoms with E-state index in [-0.39, 0.29) is 96.0 Å². The van der Waals surface area contributed by atoms with Gasteiger partial charge in [0.25, 0.3) is 11.1 Å². The Morgan fingerprint density at radius 1 is 0.573 bits per heavy atom. The van der Waals surface area contributed by atoms with E-state index in [2.05, 4.69) is 31.2 Å². The number of likely N-dealkylation sites (N-methyl/N-ethyl adjacent to an activating group) is 2. The van der Waals surface area contributed by atoms with Crippen molar-refractivity contribution in [1.29, 1.82) is 0 Å². The van der Waals surface area contributed by atoms with E-state index in [4.69, 9.17) is 0 Å². The second-order valence-corrected chi connectivity index (χ2v) is 24.5. The van der Waals surface area contributed by atoms with E-state index in [0.717, 1.165) is 11.1 Å². The number of rotatable bonds is 21. The van der Waals surface area contributed by atoms with Crippen LogP contribution in [-0.2, 0) is 52.4 Å². The number of amides is 6. The lowest BCUT2D eigenvalue weighted by Gasteiger charge is -2.35. The molecule has 0 saturated carbocycles. The van der Waals surface area contributed by atoms with Gasteiger partial charge >= 0.3 is 0 Å². The number of nitrogens with one attached hydrogen (secondary N) is 6. The topological polar surface area (TPSA) is 229 Å². The summed E-state index contributed by atoms with van der Waals surface area (Å²) in [5.74, 6) is -1.87. The van der Waals surface area contributed by atoms with Crippen LogP contribution in [0.3, 0.4) is 0 Å². The zero-order valence-electron chi connectivity index (χ0n) is 48.8. The predicted octanol–water partition coefficient (Wildman–Crippen LogP) is 5.47. The summed E-state index contributed by atoms with van der Waals surface area (Å²) in [6, 6.07) is 12.5. The van der Waals surface area contributed by atoms with E-state index in [1.54, 1.807) is 74.1 Å². The van der Waals surface area contributed by atoms with Gasteiger partial charge in [-0.2, -0.15) is 0 Å². The maximum Gasteiger partial charge on any atom is 0.251 e. The molecule has 0 bridgehead atoms. The van der Waals surface area contributed by atoms with Gasteiger partial charge in [-0.3, -0.25) is 38.4 Å². The quantitative estimate of drug-likeness (QED) is 0.0577. The Balaban J connectivity index is 0.813. The van der Waals surface area contributed by atoms with Gasteiger partial charge in [0.2, 0.25) is 35.4 Å². The summed E-state index contributed by atoms with van der Waals surface area (Å²) >= 11 is 0. The van der Waals surface area contributed by atoms with Gasteiger partial charge in [-0.05, 0) is 139 Å². The van der Waals surface area contributed by atoms with Crippen LogP contribution in [0.5, 0.6) is 0 Å². The summed E-state index contributed by atoms with van der Waals surface area (Å²) in [7, 11) is 3.35. The smallest absolute Gasteiger partial charge is 0.251 e. The summed E-state index contributed by atoms with van der Waals surface area (Å²) < 4.78 is 27.4. The van der Waals surface area contributed by atoms with Crippen molar-refractivity contribution in [2.75, 3.05) is 63.2 Å². The highest BCUT2D eigenvalue weighted by molar-refractivity contribution is 6.02. The number of carbonyl (C=O) groups excluding carboxylic acids is 6. The van der Waals surface area contributed by atoms with Gasteiger partial charge in [-0.1, -0.05) is 52.0 Å². The van der Waals surface area contributed by atoms with E-state index in [9.17, 15) is 47.1 Å². The SMILES string of the molecule is CN[C@@H](C)C(=O)N[C@@H](CC1CCN(C(=O)CCCCC(=O)N2CCC(C[C@H](NC(=O)[C@H](C)NC)C(=O)N3CC(C)(C)c4[nH]c(=O)c(Cc5ccc(F)cc5)cc43)CC2)CC1)C(=O)N1CC(C)(C)c2[nH]c(=O)c(Cc3ccc(F)cc3)cc21. The van der Waals surface area contributed by atoms with Crippen molar-refractivity contribution in [2.24, 2.45) is 11.8 Å². The Kier molecular flexibility index (Phi) is 19.4. The molecule has 8 rings (SSSR count). The van der Waals surface area contributed by atoms with Gasteiger partial charge in [0.15, 0.2) is 0 Å². The zero-order valence-corrected chi connectivity index (χ0v) is 48.8. The highest BCUT2D eigenvalue weighted by Gasteiger charge is 2.45. The highest BCUT2D eigenvalue weighted by Crippen LogP contribution is 2.41. The van der Waals surface area contributed by atoms with Gasteiger partial charge in [-0.15, -0.1) is 0 Å². The third-order valence-corrected chi connectivity index (χ3v) is 17.4. The molecule has 2 saturated heterocycles. The molecule has 6 N–H and O–H groups in total. The first kappa shape index (κ1) is 61.0. The molecular weight excluding hydrogens is 1050 g/mol.